The summed E-state index contributed by atoms with van der Waals surface area (Å²) in [5.74, 6) is 0.270. The predicted octanol–water partition coefficient (Wildman–Crippen LogP) is 2.59. The molecule has 0 aliphatic heterocycles. The maximum atomic E-state index is 11.0. The first kappa shape index (κ1) is 16.2. The van der Waals surface area contributed by atoms with Crippen molar-refractivity contribution >= 4 is 11.4 Å². The van der Waals surface area contributed by atoms with Gasteiger partial charge in [-0.05, 0) is 33.3 Å². The van der Waals surface area contributed by atoms with Crippen LogP contribution in [0.2, 0.25) is 0 Å². The van der Waals surface area contributed by atoms with E-state index in [1.807, 2.05) is 25.8 Å². The number of benzene rings is 1. The van der Waals surface area contributed by atoms with E-state index in [1.165, 1.54) is 6.07 Å². The summed E-state index contributed by atoms with van der Waals surface area (Å²) in [5, 5.41) is 20.3. The molecule has 1 rings (SSSR count). The standard InChI is InChI=1S/C14H22N2O4/c1-10(2)20-14-9-12(5-6-13(14)16(18)19)15(4)8-7-11(3)17/h5-6,9-11,17H,7-8H2,1-4H3. The second kappa shape index (κ2) is 7.09. The van der Waals surface area contributed by atoms with E-state index < -0.39 is 4.92 Å². The minimum absolute atomic E-state index is 0.0358. The molecule has 1 N–H and O–H groups in total. The number of hydrogen-bond donors (Lipinski definition) is 1. The molecule has 0 bridgehead atoms. The van der Waals surface area contributed by atoms with Gasteiger partial charge >= 0.3 is 5.69 Å². The van der Waals surface area contributed by atoms with E-state index in [-0.39, 0.29) is 23.6 Å². The molecule has 0 aliphatic rings. The SMILES string of the molecule is CC(O)CCN(C)c1ccc([N+](=O)[O-])c(OC(C)C)c1. The van der Waals surface area contributed by atoms with Crippen LogP contribution >= 0.6 is 0 Å². The molecule has 0 spiro atoms. The highest BCUT2D eigenvalue weighted by Gasteiger charge is 2.18. The summed E-state index contributed by atoms with van der Waals surface area (Å²) in [6, 6.07) is 4.81. The number of nitrogens with zero attached hydrogens (tertiary/aromatic N) is 2. The number of anilines is 1. The highest BCUT2D eigenvalue weighted by Crippen LogP contribution is 2.32. The number of rotatable bonds is 7. The lowest BCUT2D eigenvalue weighted by Crippen LogP contribution is -2.22. The fourth-order valence-electron chi connectivity index (χ4n) is 1.75. The van der Waals surface area contributed by atoms with E-state index in [2.05, 4.69) is 0 Å². The molecule has 0 radical (unpaired) electrons. The van der Waals surface area contributed by atoms with Gasteiger partial charge in [0.15, 0.2) is 5.75 Å². The molecule has 0 amide bonds. The van der Waals surface area contributed by atoms with Crippen molar-refractivity contribution in [3.63, 3.8) is 0 Å². The van der Waals surface area contributed by atoms with Crippen molar-refractivity contribution in [1.29, 1.82) is 0 Å². The zero-order valence-electron chi connectivity index (χ0n) is 12.4. The summed E-state index contributed by atoms with van der Waals surface area (Å²) in [7, 11) is 1.88. The second-order valence-corrected chi connectivity index (χ2v) is 5.13. The fourth-order valence-corrected chi connectivity index (χ4v) is 1.75. The lowest BCUT2D eigenvalue weighted by atomic mass is 10.2. The van der Waals surface area contributed by atoms with Gasteiger partial charge in [0.1, 0.15) is 0 Å². The molecular formula is C14H22N2O4. The molecular weight excluding hydrogens is 260 g/mol. The van der Waals surface area contributed by atoms with Crippen molar-refractivity contribution in [2.24, 2.45) is 0 Å². The van der Waals surface area contributed by atoms with Crippen molar-refractivity contribution in [3.05, 3.63) is 28.3 Å². The van der Waals surface area contributed by atoms with Crippen LogP contribution in [-0.4, -0.2) is 35.8 Å². The number of aliphatic hydroxyl groups is 1. The predicted molar refractivity (Wildman–Crippen MR) is 78.4 cm³/mol. The Kier molecular flexibility index (Phi) is 5.76. The number of nitro groups is 1. The summed E-state index contributed by atoms with van der Waals surface area (Å²) in [6.07, 6.45) is 0.127. The molecule has 0 aliphatic carbocycles. The summed E-state index contributed by atoms with van der Waals surface area (Å²) in [4.78, 5) is 12.5. The van der Waals surface area contributed by atoms with Crippen molar-refractivity contribution < 1.29 is 14.8 Å². The van der Waals surface area contributed by atoms with Crippen LogP contribution < -0.4 is 9.64 Å². The maximum Gasteiger partial charge on any atom is 0.311 e. The van der Waals surface area contributed by atoms with Gasteiger partial charge in [0, 0.05) is 31.4 Å². The van der Waals surface area contributed by atoms with Crippen LogP contribution in [0.4, 0.5) is 11.4 Å². The number of ether oxygens (including phenoxy) is 1. The van der Waals surface area contributed by atoms with E-state index in [1.54, 1.807) is 19.1 Å². The van der Waals surface area contributed by atoms with E-state index in [0.29, 0.717) is 13.0 Å². The monoisotopic (exact) mass is 282 g/mol. The topological polar surface area (TPSA) is 75.8 Å². The maximum absolute atomic E-state index is 11.0. The van der Waals surface area contributed by atoms with Crippen molar-refractivity contribution in [3.8, 4) is 5.75 Å². The third-order valence-corrected chi connectivity index (χ3v) is 2.83. The highest BCUT2D eigenvalue weighted by atomic mass is 16.6. The first-order valence-corrected chi connectivity index (χ1v) is 6.65. The fraction of sp³-hybridized carbons (Fsp3) is 0.571. The minimum Gasteiger partial charge on any atom is -0.484 e. The normalized spacial score (nSPS) is 12.3. The van der Waals surface area contributed by atoms with Crippen LogP contribution in [0.25, 0.3) is 0 Å². The molecule has 1 unspecified atom stereocenters. The Balaban J connectivity index is 2.96. The molecule has 1 aromatic rings. The molecule has 112 valence electrons. The van der Waals surface area contributed by atoms with Gasteiger partial charge in [-0.2, -0.15) is 0 Å². The Hall–Kier alpha value is -1.82. The van der Waals surface area contributed by atoms with Gasteiger partial charge in [-0.25, -0.2) is 0 Å². The summed E-state index contributed by atoms with van der Waals surface area (Å²) < 4.78 is 5.51. The van der Waals surface area contributed by atoms with Gasteiger partial charge in [0.05, 0.1) is 17.1 Å². The molecule has 20 heavy (non-hydrogen) atoms. The van der Waals surface area contributed by atoms with Crippen LogP contribution in [0, 0.1) is 10.1 Å². The summed E-state index contributed by atoms with van der Waals surface area (Å²) in [5.41, 5.74) is 0.790. The van der Waals surface area contributed by atoms with E-state index in [0.717, 1.165) is 5.69 Å². The molecule has 0 fully saturated rings. The second-order valence-electron chi connectivity index (χ2n) is 5.13. The quantitative estimate of drug-likeness (QED) is 0.614. The molecule has 6 heteroatoms. The van der Waals surface area contributed by atoms with E-state index in [9.17, 15) is 15.2 Å². The van der Waals surface area contributed by atoms with Gasteiger partial charge in [-0.3, -0.25) is 10.1 Å². The van der Waals surface area contributed by atoms with Gasteiger partial charge < -0.3 is 14.7 Å². The zero-order valence-corrected chi connectivity index (χ0v) is 12.4. The third-order valence-electron chi connectivity index (χ3n) is 2.83. The Morgan fingerprint density at radius 3 is 2.55 bits per heavy atom. The first-order valence-electron chi connectivity index (χ1n) is 6.65. The number of aliphatic hydroxyl groups excluding tert-OH is 1. The van der Waals surface area contributed by atoms with Gasteiger partial charge in [-0.1, -0.05) is 0 Å². The lowest BCUT2D eigenvalue weighted by molar-refractivity contribution is -0.386. The zero-order chi connectivity index (χ0) is 15.3. The van der Waals surface area contributed by atoms with Gasteiger partial charge in [0.25, 0.3) is 0 Å². The molecule has 6 nitrogen and oxygen atoms in total. The third kappa shape index (κ3) is 4.70. The molecule has 0 aromatic heterocycles. The summed E-state index contributed by atoms with van der Waals surface area (Å²) >= 11 is 0. The Bertz CT molecular complexity index is 460. The molecule has 1 aromatic carbocycles. The highest BCUT2D eigenvalue weighted by molar-refractivity contribution is 5.59. The van der Waals surface area contributed by atoms with Crippen LogP contribution in [0.3, 0.4) is 0 Å². The molecule has 0 heterocycles. The average molecular weight is 282 g/mol. The van der Waals surface area contributed by atoms with Crippen LogP contribution in [0.5, 0.6) is 5.75 Å². The lowest BCUT2D eigenvalue weighted by Gasteiger charge is -2.21. The number of hydrogen-bond acceptors (Lipinski definition) is 5. The van der Waals surface area contributed by atoms with E-state index >= 15 is 0 Å². The van der Waals surface area contributed by atoms with Crippen molar-refractivity contribution in [1.82, 2.24) is 0 Å². The Labute approximate surface area is 119 Å². The van der Waals surface area contributed by atoms with Gasteiger partial charge in [-0.15, -0.1) is 0 Å². The average Bonchev–Trinajstić information content (AvgIpc) is 2.34. The molecule has 1 atom stereocenters. The Morgan fingerprint density at radius 2 is 2.05 bits per heavy atom. The Morgan fingerprint density at radius 1 is 1.40 bits per heavy atom. The summed E-state index contributed by atoms with van der Waals surface area (Å²) in [6.45, 7) is 6.05. The smallest absolute Gasteiger partial charge is 0.311 e. The van der Waals surface area contributed by atoms with Crippen LogP contribution in [-0.2, 0) is 0 Å². The first-order chi connectivity index (χ1) is 9.31. The van der Waals surface area contributed by atoms with Crippen LogP contribution in [0.1, 0.15) is 27.2 Å². The molecule has 0 saturated carbocycles. The minimum atomic E-state index is -0.447. The largest absolute Gasteiger partial charge is 0.484 e. The van der Waals surface area contributed by atoms with Crippen LogP contribution in [0.15, 0.2) is 18.2 Å². The number of nitro benzene ring substituents is 1. The van der Waals surface area contributed by atoms with E-state index in [4.69, 9.17) is 4.74 Å². The van der Waals surface area contributed by atoms with Crippen molar-refractivity contribution in [2.45, 2.75) is 39.4 Å². The molecule has 0 saturated heterocycles. The van der Waals surface area contributed by atoms with Crippen molar-refractivity contribution in [2.75, 3.05) is 18.5 Å². The van der Waals surface area contributed by atoms with Gasteiger partial charge in [0.2, 0.25) is 0 Å².